The minimum Gasteiger partial charge on any atom is -0.458 e. The van der Waals surface area contributed by atoms with Gasteiger partial charge in [-0.1, -0.05) is 37.6 Å². The Morgan fingerprint density at radius 3 is 2.11 bits per heavy atom. The Balaban J connectivity index is 1.56. The topological polar surface area (TPSA) is 132 Å². The lowest BCUT2D eigenvalue weighted by molar-refractivity contribution is 0.0277. The smallest absolute Gasteiger partial charge is 0.357 e. The number of esters is 1. The van der Waals surface area contributed by atoms with Crippen molar-refractivity contribution in [3.63, 3.8) is 0 Å². The highest BCUT2D eigenvalue weighted by Crippen LogP contribution is 2.13. The van der Waals surface area contributed by atoms with E-state index in [4.69, 9.17) is 16.3 Å². The van der Waals surface area contributed by atoms with E-state index in [2.05, 4.69) is 10.3 Å². The first kappa shape index (κ1) is 28.8. The molecule has 38 heavy (non-hydrogen) atoms. The van der Waals surface area contributed by atoms with Crippen LogP contribution in [0, 0.1) is 0 Å². The Bertz CT molecular complexity index is 1370. The average molecular weight is 558 g/mol. The summed E-state index contributed by atoms with van der Waals surface area (Å²) in [6.45, 7) is 4.18. The molecule has 2 N–H and O–H groups in total. The highest BCUT2D eigenvalue weighted by molar-refractivity contribution is 7.90. The van der Waals surface area contributed by atoms with Gasteiger partial charge in [-0.05, 0) is 73.4 Å². The van der Waals surface area contributed by atoms with E-state index in [1.165, 1.54) is 36.4 Å². The lowest BCUT2D eigenvalue weighted by atomic mass is 10.1. The van der Waals surface area contributed by atoms with E-state index >= 15 is 0 Å². The molecule has 1 heterocycles. The molecule has 0 fully saturated rings. The Hall–Kier alpha value is -3.76. The first-order valence-electron chi connectivity index (χ1n) is 12.0. The summed E-state index contributed by atoms with van der Waals surface area (Å²) in [5.74, 6) is -1.89. The molecular weight excluding hydrogens is 530 g/mol. The standard InChI is InChI=1S/C27H28ClN3O6S/c1-3-22(4-2)37-27(34)24-14-9-20(17-30-24)26(33)31-38(35,36)23-12-7-19(8-13-23)25(32)29-16-15-18-5-10-21(28)11-6-18/h5-14,17,22H,3-4,15-16H2,1-2H3,(H,29,32)(H,31,33). The zero-order valence-corrected chi connectivity index (χ0v) is 22.5. The molecule has 2 aromatic carbocycles. The van der Waals surface area contributed by atoms with E-state index in [9.17, 15) is 22.8 Å². The Labute approximate surface area is 226 Å². The minimum atomic E-state index is -4.22. The SMILES string of the molecule is CCC(CC)OC(=O)c1ccc(C(=O)NS(=O)(=O)c2ccc(C(=O)NCCc3ccc(Cl)cc3)cc2)cn1. The monoisotopic (exact) mass is 557 g/mol. The van der Waals surface area contributed by atoms with Crippen molar-refractivity contribution in [1.82, 2.24) is 15.0 Å². The van der Waals surface area contributed by atoms with Crippen LogP contribution in [-0.4, -0.2) is 43.8 Å². The van der Waals surface area contributed by atoms with Gasteiger partial charge in [0.1, 0.15) is 11.8 Å². The number of hydrogen-bond donors (Lipinski definition) is 2. The van der Waals surface area contributed by atoms with Gasteiger partial charge in [0, 0.05) is 23.3 Å². The van der Waals surface area contributed by atoms with Gasteiger partial charge in [-0.15, -0.1) is 0 Å². The normalized spacial score (nSPS) is 11.2. The second-order valence-corrected chi connectivity index (χ2v) is 10.5. The third kappa shape index (κ3) is 7.87. The number of nitrogens with one attached hydrogen (secondary N) is 2. The van der Waals surface area contributed by atoms with Crippen LogP contribution in [0.15, 0.2) is 71.8 Å². The molecule has 9 nitrogen and oxygen atoms in total. The summed E-state index contributed by atoms with van der Waals surface area (Å²) in [6.07, 6.45) is 2.80. The molecule has 0 radical (unpaired) electrons. The van der Waals surface area contributed by atoms with E-state index < -0.39 is 21.9 Å². The average Bonchev–Trinajstić information content (AvgIpc) is 2.92. The fraction of sp³-hybridized carbons (Fsp3) is 0.259. The second kappa shape index (κ2) is 13.2. The predicted octanol–water partition coefficient (Wildman–Crippen LogP) is 4.17. The number of benzene rings is 2. The highest BCUT2D eigenvalue weighted by Gasteiger charge is 2.21. The summed E-state index contributed by atoms with van der Waals surface area (Å²) in [5, 5.41) is 3.40. The number of halogens is 1. The number of carbonyl (C=O) groups excluding carboxylic acids is 3. The van der Waals surface area contributed by atoms with Crippen molar-refractivity contribution >= 4 is 39.4 Å². The third-order valence-corrected chi connectivity index (χ3v) is 7.28. The molecule has 3 aromatic rings. The number of ether oxygens (including phenoxy) is 1. The lowest BCUT2D eigenvalue weighted by Gasteiger charge is -2.13. The van der Waals surface area contributed by atoms with Gasteiger partial charge in [-0.3, -0.25) is 9.59 Å². The van der Waals surface area contributed by atoms with Gasteiger partial charge < -0.3 is 10.1 Å². The van der Waals surface area contributed by atoms with Crippen LogP contribution in [0.25, 0.3) is 0 Å². The molecule has 0 aliphatic carbocycles. The molecule has 1 aromatic heterocycles. The van der Waals surface area contributed by atoms with Crippen LogP contribution >= 0.6 is 11.6 Å². The molecule has 0 spiro atoms. The van der Waals surface area contributed by atoms with Crippen LogP contribution < -0.4 is 10.0 Å². The molecule has 0 atom stereocenters. The van der Waals surface area contributed by atoms with Crippen molar-refractivity contribution in [3.05, 3.63) is 94.3 Å². The molecule has 0 bridgehead atoms. The number of pyridine rings is 1. The van der Waals surface area contributed by atoms with Gasteiger partial charge >= 0.3 is 5.97 Å². The van der Waals surface area contributed by atoms with Crippen molar-refractivity contribution in [1.29, 1.82) is 0 Å². The molecule has 0 aliphatic rings. The Morgan fingerprint density at radius 2 is 1.53 bits per heavy atom. The van der Waals surface area contributed by atoms with Gasteiger partial charge in [-0.25, -0.2) is 22.9 Å². The molecule has 0 aliphatic heterocycles. The van der Waals surface area contributed by atoms with Crippen LogP contribution in [0.5, 0.6) is 0 Å². The van der Waals surface area contributed by atoms with Gasteiger partial charge in [-0.2, -0.15) is 0 Å². The highest BCUT2D eigenvalue weighted by atomic mass is 35.5. The molecule has 0 saturated heterocycles. The predicted molar refractivity (Wildman–Crippen MR) is 143 cm³/mol. The molecule has 3 rings (SSSR count). The number of rotatable bonds is 11. The zero-order chi connectivity index (χ0) is 27.7. The van der Waals surface area contributed by atoms with E-state index in [1.807, 2.05) is 30.7 Å². The lowest BCUT2D eigenvalue weighted by Crippen LogP contribution is -2.31. The number of amides is 2. The van der Waals surface area contributed by atoms with Crippen LogP contribution in [0.1, 0.15) is 63.5 Å². The van der Waals surface area contributed by atoms with Crippen LogP contribution in [0.4, 0.5) is 0 Å². The maximum atomic E-state index is 12.7. The number of sulfonamides is 1. The van der Waals surface area contributed by atoms with Crippen molar-refractivity contribution in [2.75, 3.05) is 6.54 Å². The molecule has 0 saturated carbocycles. The molecule has 0 unspecified atom stereocenters. The summed E-state index contributed by atoms with van der Waals surface area (Å²) in [6, 6.07) is 15.1. The summed E-state index contributed by atoms with van der Waals surface area (Å²) in [5.41, 5.74) is 1.24. The maximum absolute atomic E-state index is 12.7. The Morgan fingerprint density at radius 1 is 0.895 bits per heavy atom. The first-order chi connectivity index (χ1) is 18.1. The number of carbonyl (C=O) groups is 3. The van der Waals surface area contributed by atoms with Crippen molar-refractivity contribution in [3.8, 4) is 0 Å². The summed E-state index contributed by atoms with van der Waals surface area (Å²) in [4.78, 5) is 40.8. The molecule has 200 valence electrons. The van der Waals surface area contributed by atoms with Crippen molar-refractivity contribution in [2.24, 2.45) is 0 Å². The largest absolute Gasteiger partial charge is 0.458 e. The number of aromatic nitrogens is 1. The van der Waals surface area contributed by atoms with Gasteiger partial charge in [0.25, 0.3) is 21.8 Å². The van der Waals surface area contributed by atoms with Crippen LogP contribution in [0.2, 0.25) is 5.02 Å². The third-order valence-electron chi connectivity index (χ3n) is 5.69. The summed E-state index contributed by atoms with van der Waals surface area (Å²) in [7, 11) is -4.22. The van der Waals surface area contributed by atoms with Gasteiger partial charge in [0.2, 0.25) is 0 Å². The number of hydrogen-bond acceptors (Lipinski definition) is 7. The van der Waals surface area contributed by atoms with Gasteiger partial charge in [0.15, 0.2) is 0 Å². The van der Waals surface area contributed by atoms with E-state index in [0.717, 1.165) is 11.8 Å². The summed E-state index contributed by atoms with van der Waals surface area (Å²) < 4.78 is 32.6. The Kier molecular flexibility index (Phi) is 9.98. The fourth-order valence-electron chi connectivity index (χ4n) is 3.41. The minimum absolute atomic E-state index is 0.0124. The maximum Gasteiger partial charge on any atom is 0.357 e. The first-order valence-corrected chi connectivity index (χ1v) is 13.9. The fourth-order valence-corrected chi connectivity index (χ4v) is 4.52. The molecule has 2 amide bonds. The van der Waals surface area contributed by atoms with Crippen molar-refractivity contribution in [2.45, 2.75) is 44.1 Å². The molecular formula is C27H28ClN3O6S. The van der Waals surface area contributed by atoms with Crippen LogP contribution in [0.3, 0.4) is 0 Å². The van der Waals surface area contributed by atoms with Crippen molar-refractivity contribution < 1.29 is 27.5 Å². The van der Waals surface area contributed by atoms with E-state index in [0.29, 0.717) is 30.8 Å². The number of nitrogens with zero attached hydrogens (tertiary/aromatic N) is 1. The second-order valence-electron chi connectivity index (χ2n) is 8.37. The van der Waals surface area contributed by atoms with E-state index in [-0.39, 0.29) is 33.7 Å². The molecule has 11 heteroatoms. The van der Waals surface area contributed by atoms with E-state index in [1.54, 1.807) is 12.1 Å². The quantitative estimate of drug-likeness (QED) is 0.338. The van der Waals surface area contributed by atoms with Crippen LogP contribution in [-0.2, 0) is 21.2 Å². The summed E-state index contributed by atoms with van der Waals surface area (Å²) >= 11 is 5.86. The van der Waals surface area contributed by atoms with Gasteiger partial charge in [0.05, 0.1) is 10.5 Å². The zero-order valence-electron chi connectivity index (χ0n) is 20.9.